The van der Waals surface area contributed by atoms with Gasteiger partial charge in [0.05, 0.1) is 19.2 Å². The van der Waals surface area contributed by atoms with Gasteiger partial charge in [0.1, 0.15) is 10.8 Å². The van der Waals surface area contributed by atoms with Gasteiger partial charge in [-0.05, 0) is 18.2 Å². The molecule has 0 aliphatic heterocycles. The summed E-state index contributed by atoms with van der Waals surface area (Å²) in [6.07, 6.45) is 0.777. The van der Waals surface area contributed by atoms with Gasteiger partial charge in [-0.3, -0.25) is 4.79 Å². The molecule has 0 radical (unpaired) electrons. The van der Waals surface area contributed by atoms with Crippen molar-refractivity contribution in [2.75, 3.05) is 7.11 Å². The number of halogens is 2. The van der Waals surface area contributed by atoms with E-state index in [1.54, 1.807) is 12.1 Å². The van der Waals surface area contributed by atoms with Crippen LogP contribution in [-0.4, -0.2) is 18.1 Å². The van der Waals surface area contributed by atoms with E-state index in [1.165, 1.54) is 24.5 Å². The minimum absolute atomic E-state index is 0.275. The smallest absolute Gasteiger partial charge is 0.305 e. The lowest BCUT2D eigenvalue weighted by Crippen LogP contribution is -2.01. The molecule has 0 aliphatic carbocycles. The Morgan fingerprint density at radius 2 is 2.32 bits per heavy atom. The van der Waals surface area contributed by atoms with Gasteiger partial charge in [-0.15, -0.1) is 11.3 Å². The van der Waals surface area contributed by atoms with Crippen LogP contribution in [0.1, 0.15) is 12.1 Å². The van der Waals surface area contributed by atoms with E-state index in [-0.39, 0.29) is 18.2 Å². The van der Waals surface area contributed by atoms with E-state index in [0.717, 1.165) is 10.2 Å². The monoisotopic (exact) mass is 343 g/mol. The summed E-state index contributed by atoms with van der Waals surface area (Å²) < 4.78 is 19.1. The molecule has 2 rings (SSSR count). The second-order valence-corrected chi connectivity index (χ2v) is 5.62. The first-order valence-electron chi connectivity index (χ1n) is 5.57. The van der Waals surface area contributed by atoms with Crippen LogP contribution in [-0.2, 0) is 16.0 Å². The Morgan fingerprint density at radius 3 is 3.05 bits per heavy atom. The van der Waals surface area contributed by atoms with Crippen molar-refractivity contribution in [1.82, 2.24) is 4.98 Å². The number of hydrogen-bond acceptors (Lipinski definition) is 4. The molecular formula is C13H11BrFNO2S. The average molecular weight is 344 g/mol. The molecule has 19 heavy (non-hydrogen) atoms. The normalized spacial score (nSPS) is 10.5. The predicted octanol–water partition coefficient (Wildman–Crippen LogP) is 3.82. The van der Waals surface area contributed by atoms with Crippen molar-refractivity contribution in [3.63, 3.8) is 0 Å². The Morgan fingerprint density at radius 1 is 1.53 bits per heavy atom. The minimum Gasteiger partial charge on any atom is -0.469 e. The van der Waals surface area contributed by atoms with Gasteiger partial charge >= 0.3 is 5.97 Å². The highest BCUT2D eigenvalue weighted by atomic mass is 79.9. The molecule has 0 atom stereocenters. The molecule has 0 spiro atoms. The number of rotatable bonds is 4. The van der Waals surface area contributed by atoms with Gasteiger partial charge in [-0.1, -0.05) is 15.9 Å². The van der Waals surface area contributed by atoms with Crippen molar-refractivity contribution < 1.29 is 13.9 Å². The zero-order chi connectivity index (χ0) is 13.8. The first kappa shape index (κ1) is 14.1. The van der Waals surface area contributed by atoms with Crippen LogP contribution < -0.4 is 0 Å². The average Bonchev–Trinajstić information content (AvgIpc) is 2.87. The largest absolute Gasteiger partial charge is 0.469 e. The van der Waals surface area contributed by atoms with Crippen LogP contribution in [0.25, 0.3) is 10.6 Å². The van der Waals surface area contributed by atoms with E-state index in [4.69, 9.17) is 0 Å². The molecule has 0 aliphatic rings. The Labute approximate surface area is 122 Å². The van der Waals surface area contributed by atoms with E-state index >= 15 is 0 Å². The molecule has 3 nitrogen and oxygen atoms in total. The standard InChI is InChI=1S/C13H11BrFNO2S/c1-18-12(17)5-3-9-7-19-13(16-9)10-6-8(14)2-4-11(10)15/h2,4,6-7H,3,5H2,1H3. The highest BCUT2D eigenvalue weighted by Gasteiger charge is 2.11. The SMILES string of the molecule is COC(=O)CCc1csc(-c2cc(Br)ccc2F)n1. The lowest BCUT2D eigenvalue weighted by atomic mass is 10.2. The molecular weight excluding hydrogens is 333 g/mol. The topological polar surface area (TPSA) is 39.2 Å². The van der Waals surface area contributed by atoms with E-state index in [2.05, 4.69) is 25.7 Å². The number of esters is 1. The molecule has 0 saturated heterocycles. The van der Waals surface area contributed by atoms with Crippen molar-refractivity contribution in [2.24, 2.45) is 0 Å². The Balaban J connectivity index is 2.16. The summed E-state index contributed by atoms with van der Waals surface area (Å²) in [6.45, 7) is 0. The Bertz CT molecular complexity index is 600. The van der Waals surface area contributed by atoms with Crippen LogP contribution >= 0.6 is 27.3 Å². The van der Waals surface area contributed by atoms with E-state index in [9.17, 15) is 9.18 Å². The van der Waals surface area contributed by atoms with Crippen LogP contribution in [0.5, 0.6) is 0 Å². The van der Waals surface area contributed by atoms with Crippen LogP contribution in [0.3, 0.4) is 0 Å². The van der Waals surface area contributed by atoms with Gasteiger partial charge in [0.2, 0.25) is 0 Å². The van der Waals surface area contributed by atoms with Crippen molar-refractivity contribution in [2.45, 2.75) is 12.8 Å². The number of thiazole rings is 1. The highest BCUT2D eigenvalue weighted by molar-refractivity contribution is 9.10. The van der Waals surface area contributed by atoms with Gasteiger partial charge in [0.15, 0.2) is 0 Å². The van der Waals surface area contributed by atoms with Crippen molar-refractivity contribution in [3.8, 4) is 10.6 Å². The summed E-state index contributed by atoms with van der Waals surface area (Å²) in [5, 5.41) is 2.44. The molecule has 1 aromatic carbocycles. The van der Waals surface area contributed by atoms with E-state index in [0.29, 0.717) is 17.0 Å². The van der Waals surface area contributed by atoms with Gasteiger partial charge in [0.25, 0.3) is 0 Å². The number of aromatic nitrogens is 1. The van der Waals surface area contributed by atoms with E-state index < -0.39 is 0 Å². The third kappa shape index (κ3) is 3.61. The second-order valence-electron chi connectivity index (χ2n) is 3.84. The summed E-state index contributed by atoms with van der Waals surface area (Å²) in [5.41, 5.74) is 1.23. The molecule has 0 fully saturated rings. The van der Waals surface area contributed by atoms with Crippen molar-refractivity contribution in [3.05, 3.63) is 39.6 Å². The molecule has 0 bridgehead atoms. The van der Waals surface area contributed by atoms with Crippen LogP contribution in [0.2, 0.25) is 0 Å². The number of ether oxygens (including phenoxy) is 1. The lowest BCUT2D eigenvalue weighted by Gasteiger charge is -2.00. The Hall–Kier alpha value is -1.27. The number of hydrogen-bond donors (Lipinski definition) is 0. The molecule has 100 valence electrons. The maximum atomic E-state index is 13.7. The van der Waals surface area contributed by atoms with Crippen molar-refractivity contribution >= 4 is 33.2 Å². The number of carbonyl (C=O) groups excluding carboxylic acids is 1. The fourth-order valence-corrected chi connectivity index (χ4v) is 2.77. The maximum Gasteiger partial charge on any atom is 0.305 e. The Kier molecular flexibility index (Phi) is 4.66. The zero-order valence-corrected chi connectivity index (χ0v) is 12.6. The van der Waals surface area contributed by atoms with Crippen molar-refractivity contribution in [1.29, 1.82) is 0 Å². The lowest BCUT2D eigenvalue weighted by molar-refractivity contribution is -0.140. The highest BCUT2D eigenvalue weighted by Crippen LogP contribution is 2.29. The molecule has 0 amide bonds. The fourth-order valence-electron chi connectivity index (χ4n) is 1.54. The zero-order valence-electron chi connectivity index (χ0n) is 10.2. The van der Waals surface area contributed by atoms with Gasteiger partial charge in [-0.25, -0.2) is 9.37 Å². The van der Waals surface area contributed by atoms with Crippen LogP contribution in [0.15, 0.2) is 28.1 Å². The summed E-state index contributed by atoms with van der Waals surface area (Å²) >= 11 is 4.67. The maximum absolute atomic E-state index is 13.7. The predicted molar refractivity (Wildman–Crippen MR) is 75.5 cm³/mol. The molecule has 1 aromatic heterocycles. The number of nitrogens with zero attached hydrogens (tertiary/aromatic N) is 1. The molecule has 2 aromatic rings. The molecule has 0 saturated carbocycles. The minimum atomic E-state index is -0.308. The summed E-state index contributed by atoms with van der Waals surface area (Å²) in [5.74, 6) is -0.583. The number of benzene rings is 1. The summed E-state index contributed by atoms with van der Waals surface area (Å²) in [7, 11) is 1.35. The van der Waals surface area contributed by atoms with Gasteiger partial charge in [0, 0.05) is 21.8 Å². The fraction of sp³-hybridized carbons (Fsp3) is 0.231. The first-order chi connectivity index (χ1) is 9.10. The quantitative estimate of drug-likeness (QED) is 0.792. The number of carbonyl (C=O) groups is 1. The summed E-state index contributed by atoms with van der Waals surface area (Å²) in [4.78, 5) is 15.4. The van der Waals surface area contributed by atoms with Crippen LogP contribution in [0, 0.1) is 5.82 Å². The van der Waals surface area contributed by atoms with Crippen LogP contribution in [0.4, 0.5) is 4.39 Å². The molecule has 0 N–H and O–H groups in total. The third-order valence-electron chi connectivity index (χ3n) is 2.52. The first-order valence-corrected chi connectivity index (χ1v) is 7.24. The third-order valence-corrected chi connectivity index (χ3v) is 3.94. The molecule has 6 heteroatoms. The molecule has 1 heterocycles. The van der Waals surface area contributed by atoms with Gasteiger partial charge in [-0.2, -0.15) is 0 Å². The van der Waals surface area contributed by atoms with E-state index in [1.807, 2.05) is 5.38 Å². The number of aryl methyl sites for hydroxylation is 1. The summed E-state index contributed by atoms with van der Waals surface area (Å²) in [6, 6.07) is 4.73. The second kappa shape index (κ2) is 6.25. The molecule has 0 unspecified atom stereocenters. The number of methoxy groups -OCH3 is 1. The van der Waals surface area contributed by atoms with Gasteiger partial charge < -0.3 is 4.74 Å².